The molecular formula is C19H22ClN3O4. The summed E-state index contributed by atoms with van der Waals surface area (Å²) >= 11 is 5.96. The quantitative estimate of drug-likeness (QED) is 0.604. The fraction of sp³-hybridized carbons (Fsp3) is 0.579. The zero-order chi connectivity index (χ0) is 19.2. The maximum absolute atomic E-state index is 12.5. The molecule has 0 atom stereocenters. The fourth-order valence-electron chi connectivity index (χ4n) is 5.89. The number of nitrogens with zero attached hydrogens (tertiary/aromatic N) is 1. The molecule has 2 N–H and O–H groups in total. The van der Waals surface area contributed by atoms with E-state index in [0.717, 1.165) is 43.1 Å². The van der Waals surface area contributed by atoms with Crippen LogP contribution in [0.2, 0.25) is 5.02 Å². The van der Waals surface area contributed by atoms with Gasteiger partial charge < -0.3 is 0 Å². The summed E-state index contributed by atoms with van der Waals surface area (Å²) in [6.45, 7) is 0. The summed E-state index contributed by atoms with van der Waals surface area (Å²) < 4.78 is 0. The minimum atomic E-state index is -0.664. The highest BCUT2D eigenvalue weighted by Crippen LogP contribution is 2.61. The van der Waals surface area contributed by atoms with E-state index in [1.165, 1.54) is 31.4 Å². The lowest BCUT2D eigenvalue weighted by Crippen LogP contribution is -2.50. The van der Waals surface area contributed by atoms with Crippen LogP contribution in [0.4, 0.5) is 5.69 Å². The molecule has 2 amide bonds. The van der Waals surface area contributed by atoms with Gasteiger partial charge in [-0.2, -0.15) is 0 Å². The van der Waals surface area contributed by atoms with Crippen LogP contribution < -0.4 is 10.9 Å². The number of hydrogen-bond acceptors (Lipinski definition) is 4. The Labute approximate surface area is 162 Å². The highest BCUT2D eigenvalue weighted by molar-refractivity contribution is 6.34. The Kier molecular flexibility index (Phi) is 4.58. The molecule has 4 aliphatic rings. The van der Waals surface area contributed by atoms with Crippen molar-refractivity contribution < 1.29 is 14.5 Å². The molecule has 4 fully saturated rings. The molecule has 4 aliphatic carbocycles. The summed E-state index contributed by atoms with van der Waals surface area (Å²) in [5.74, 6) is 1.38. The van der Waals surface area contributed by atoms with Crippen LogP contribution in [0.15, 0.2) is 18.2 Å². The van der Waals surface area contributed by atoms with Gasteiger partial charge in [0, 0.05) is 18.6 Å². The van der Waals surface area contributed by atoms with Gasteiger partial charge in [-0.25, -0.2) is 0 Å². The minimum Gasteiger partial charge on any atom is -0.273 e. The minimum absolute atomic E-state index is 0.0408. The van der Waals surface area contributed by atoms with Crippen molar-refractivity contribution in [3.8, 4) is 0 Å². The Morgan fingerprint density at radius 3 is 2.26 bits per heavy atom. The van der Waals surface area contributed by atoms with Crippen molar-refractivity contribution in [3.05, 3.63) is 38.9 Å². The van der Waals surface area contributed by atoms with E-state index in [4.69, 9.17) is 11.6 Å². The smallest absolute Gasteiger partial charge is 0.271 e. The number of nitrogens with one attached hydrogen (secondary N) is 2. The monoisotopic (exact) mass is 391 g/mol. The molecule has 8 heteroatoms. The number of carbonyl (C=O) groups is 2. The average molecular weight is 392 g/mol. The van der Waals surface area contributed by atoms with Crippen LogP contribution in [0, 0.1) is 33.3 Å². The van der Waals surface area contributed by atoms with E-state index < -0.39 is 10.8 Å². The van der Waals surface area contributed by atoms with Crippen molar-refractivity contribution in [1.82, 2.24) is 10.9 Å². The molecule has 0 radical (unpaired) electrons. The number of nitro groups is 1. The first-order valence-electron chi connectivity index (χ1n) is 9.37. The van der Waals surface area contributed by atoms with Gasteiger partial charge in [0.05, 0.1) is 15.5 Å². The van der Waals surface area contributed by atoms with Crippen LogP contribution in [0.3, 0.4) is 0 Å². The molecule has 1 aromatic rings. The summed E-state index contributed by atoms with van der Waals surface area (Å²) in [5.41, 5.74) is 4.61. The normalized spacial score (nSPS) is 30.8. The Hall–Kier alpha value is -2.15. The second-order valence-electron chi connectivity index (χ2n) is 8.52. The molecule has 0 aromatic heterocycles. The number of hydrazine groups is 1. The second-order valence-corrected chi connectivity index (χ2v) is 8.93. The maximum Gasteiger partial charge on any atom is 0.271 e. The molecular weight excluding hydrogens is 370 g/mol. The van der Waals surface area contributed by atoms with Crippen molar-refractivity contribution in [2.45, 2.75) is 44.9 Å². The summed E-state index contributed by atoms with van der Waals surface area (Å²) in [4.78, 5) is 35.0. The predicted octanol–water partition coefficient (Wildman–Crippen LogP) is 3.62. The molecule has 0 unspecified atom stereocenters. The number of non-ortho nitro benzene ring substituents is 1. The highest BCUT2D eigenvalue weighted by atomic mass is 35.5. The molecule has 4 bridgehead atoms. The van der Waals surface area contributed by atoms with Gasteiger partial charge in [0.2, 0.25) is 5.91 Å². The molecule has 27 heavy (non-hydrogen) atoms. The fourth-order valence-corrected chi connectivity index (χ4v) is 6.09. The summed E-state index contributed by atoms with van der Waals surface area (Å²) in [6.07, 6.45) is 7.67. The molecule has 0 heterocycles. The number of benzene rings is 1. The first-order valence-corrected chi connectivity index (χ1v) is 9.74. The van der Waals surface area contributed by atoms with Gasteiger partial charge >= 0.3 is 0 Å². The first kappa shape index (κ1) is 18.2. The van der Waals surface area contributed by atoms with Crippen LogP contribution in [-0.4, -0.2) is 16.7 Å². The number of nitro benzene ring substituents is 1. The lowest BCUT2D eigenvalue weighted by molar-refractivity contribution is -0.384. The molecule has 0 spiro atoms. The maximum atomic E-state index is 12.5. The largest absolute Gasteiger partial charge is 0.273 e. The first-order chi connectivity index (χ1) is 12.8. The van der Waals surface area contributed by atoms with Gasteiger partial charge in [0.25, 0.3) is 11.6 Å². The van der Waals surface area contributed by atoms with E-state index in [1.807, 2.05) is 0 Å². The van der Waals surface area contributed by atoms with Gasteiger partial charge in [0.15, 0.2) is 0 Å². The number of hydrogen-bond donors (Lipinski definition) is 2. The van der Waals surface area contributed by atoms with E-state index in [2.05, 4.69) is 10.9 Å². The van der Waals surface area contributed by atoms with Crippen LogP contribution in [-0.2, 0) is 4.79 Å². The van der Waals surface area contributed by atoms with Gasteiger partial charge in [0.1, 0.15) is 0 Å². The average Bonchev–Trinajstić information content (AvgIpc) is 2.58. The molecule has 0 saturated heterocycles. The second kappa shape index (κ2) is 6.78. The lowest BCUT2D eigenvalue weighted by Gasteiger charge is -2.56. The zero-order valence-electron chi connectivity index (χ0n) is 14.9. The van der Waals surface area contributed by atoms with Crippen LogP contribution >= 0.6 is 11.6 Å². The Morgan fingerprint density at radius 1 is 1.11 bits per heavy atom. The number of rotatable bonds is 4. The number of amides is 2. The van der Waals surface area contributed by atoms with Crippen molar-refractivity contribution in [1.29, 1.82) is 0 Å². The Morgan fingerprint density at radius 2 is 1.70 bits per heavy atom. The molecule has 1 aromatic carbocycles. The van der Waals surface area contributed by atoms with Crippen molar-refractivity contribution >= 4 is 29.1 Å². The number of halogens is 1. The topological polar surface area (TPSA) is 101 Å². The molecule has 144 valence electrons. The van der Waals surface area contributed by atoms with Gasteiger partial charge in [-0.3, -0.25) is 30.6 Å². The number of carbonyl (C=O) groups excluding carboxylic acids is 2. The highest BCUT2D eigenvalue weighted by Gasteiger charge is 2.51. The van der Waals surface area contributed by atoms with E-state index in [0.29, 0.717) is 6.42 Å². The molecule has 5 rings (SSSR count). The summed E-state index contributed by atoms with van der Waals surface area (Å²) in [6, 6.07) is 3.62. The Bertz CT molecular complexity index is 775. The van der Waals surface area contributed by atoms with E-state index in [-0.39, 0.29) is 27.6 Å². The van der Waals surface area contributed by atoms with Crippen LogP contribution in [0.5, 0.6) is 0 Å². The molecule has 7 nitrogen and oxygen atoms in total. The Balaban J connectivity index is 1.36. The van der Waals surface area contributed by atoms with Crippen LogP contribution in [0.25, 0.3) is 0 Å². The molecule has 0 aliphatic heterocycles. The van der Waals surface area contributed by atoms with Crippen molar-refractivity contribution in [3.63, 3.8) is 0 Å². The molecule has 4 saturated carbocycles. The van der Waals surface area contributed by atoms with Gasteiger partial charge in [-0.15, -0.1) is 0 Å². The summed E-state index contributed by atoms with van der Waals surface area (Å²) in [5, 5.41) is 11.0. The third-order valence-electron chi connectivity index (χ3n) is 6.42. The third kappa shape index (κ3) is 3.65. The van der Waals surface area contributed by atoms with E-state index in [1.54, 1.807) is 0 Å². The van der Waals surface area contributed by atoms with E-state index >= 15 is 0 Å². The standard InChI is InChI=1S/C19H22ClN3O4/c20-16-2-1-14(23(26)27)6-15(16)18(25)22-21-17(24)10-19-7-11-3-12(8-19)5-13(4-11)9-19/h1-2,6,11-13H,3-5,7-10H2,(H,21,24)(H,22,25). The van der Waals surface area contributed by atoms with Gasteiger partial charge in [-0.05, 0) is 67.8 Å². The van der Waals surface area contributed by atoms with Crippen molar-refractivity contribution in [2.75, 3.05) is 0 Å². The summed E-state index contributed by atoms with van der Waals surface area (Å²) in [7, 11) is 0. The van der Waals surface area contributed by atoms with Crippen molar-refractivity contribution in [2.24, 2.45) is 23.2 Å². The zero-order valence-corrected chi connectivity index (χ0v) is 15.6. The predicted molar refractivity (Wildman–Crippen MR) is 98.9 cm³/mol. The third-order valence-corrected chi connectivity index (χ3v) is 6.75. The SMILES string of the molecule is O=C(CC12CC3CC(CC(C3)C1)C2)NNC(=O)c1cc([N+](=O)[O-])ccc1Cl. The lowest BCUT2D eigenvalue weighted by atomic mass is 9.49. The van der Waals surface area contributed by atoms with E-state index in [9.17, 15) is 19.7 Å². The van der Waals surface area contributed by atoms with Crippen LogP contribution in [0.1, 0.15) is 55.3 Å². The van der Waals surface area contributed by atoms with Gasteiger partial charge in [-0.1, -0.05) is 11.6 Å².